The zero-order chi connectivity index (χ0) is 24.7. The SMILES string of the molecule is CC1(C)Cc2cc(NC(=O)c3cnn4cccnc34)c(N3CCN(CCn4ccnc4)CC3)cc2O1. The van der Waals surface area contributed by atoms with Crippen LogP contribution in [0.3, 0.4) is 0 Å². The summed E-state index contributed by atoms with van der Waals surface area (Å²) in [6.45, 7) is 9.73. The Balaban J connectivity index is 1.23. The van der Waals surface area contributed by atoms with E-state index in [0.717, 1.165) is 68.4 Å². The number of imidazole rings is 1. The molecule has 3 aromatic heterocycles. The summed E-state index contributed by atoms with van der Waals surface area (Å²) in [6, 6.07) is 5.95. The molecule has 2 aliphatic rings. The van der Waals surface area contributed by atoms with Crippen molar-refractivity contribution < 1.29 is 9.53 Å². The van der Waals surface area contributed by atoms with Gasteiger partial charge in [0.15, 0.2) is 5.65 Å². The Morgan fingerprint density at radius 1 is 1.11 bits per heavy atom. The number of carbonyl (C=O) groups excluding carboxylic acids is 1. The van der Waals surface area contributed by atoms with Gasteiger partial charge >= 0.3 is 0 Å². The Hall–Kier alpha value is -3.92. The van der Waals surface area contributed by atoms with Crippen LogP contribution in [0.15, 0.2) is 55.5 Å². The number of carbonyl (C=O) groups is 1. The molecule has 0 spiro atoms. The van der Waals surface area contributed by atoms with Crippen molar-refractivity contribution in [2.75, 3.05) is 42.9 Å². The maximum absolute atomic E-state index is 13.3. The first-order valence-electron chi connectivity index (χ1n) is 12.3. The van der Waals surface area contributed by atoms with Crippen molar-refractivity contribution in [1.29, 1.82) is 0 Å². The van der Waals surface area contributed by atoms with Crippen LogP contribution in [-0.2, 0) is 13.0 Å². The number of piperazine rings is 1. The van der Waals surface area contributed by atoms with Gasteiger partial charge in [0.05, 0.1) is 23.9 Å². The molecule has 2 aliphatic heterocycles. The number of hydrogen-bond donors (Lipinski definition) is 1. The van der Waals surface area contributed by atoms with Crippen LogP contribution in [0.4, 0.5) is 11.4 Å². The Bertz CT molecular complexity index is 1390. The van der Waals surface area contributed by atoms with Gasteiger partial charge < -0.3 is 19.5 Å². The van der Waals surface area contributed by atoms with Crippen molar-refractivity contribution in [3.63, 3.8) is 0 Å². The number of benzene rings is 1. The lowest BCUT2D eigenvalue weighted by Gasteiger charge is -2.37. The third-order valence-corrected chi connectivity index (χ3v) is 6.90. The van der Waals surface area contributed by atoms with Crippen LogP contribution in [0, 0.1) is 0 Å². The number of nitrogens with one attached hydrogen (secondary N) is 1. The minimum atomic E-state index is -0.263. The maximum Gasteiger partial charge on any atom is 0.261 e. The fourth-order valence-electron chi connectivity index (χ4n) is 5.07. The molecule has 1 amide bonds. The molecule has 10 heteroatoms. The van der Waals surface area contributed by atoms with E-state index >= 15 is 0 Å². The van der Waals surface area contributed by atoms with E-state index in [1.807, 2.05) is 18.7 Å². The average Bonchev–Trinajstić information content (AvgIpc) is 3.60. The van der Waals surface area contributed by atoms with Gasteiger partial charge in [-0.05, 0) is 26.0 Å². The molecule has 0 aliphatic carbocycles. The molecule has 1 N–H and O–H groups in total. The largest absolute Gasteiger partial charge is 0.487 e. The van der Waals surface area contributed by atoms with E-state index in [9.17, 15) is 4.79 Å². The molecule has 0 atom stereocenters. The number of fused-ring (bicyclic) bond motifs is 2. The van der Waals surface area contributed by atoms with E-state index < -0.39 is 0 Å². The van der Waals surface area contributed by atoms with E-state index in [1.165, 1.54) is 0 Å². The molecule has 6 rings (SSSR count). The van der Waals surface area contributed by atoms with E-state index in [1.54, 1.807) is 29.2 Å². The average molecular weight is 487 g/mol. The van der Waals surface area contributed by atoms with Gasteiger partial charge in [0.1, 0.15) is 16.9 Å². The number of anilines is 2. The van der Waals surface area contributed by atoms with E-state index in [-0.39, 0.29) is 11.5 Å². The molecule has 4 aromatic rings. The van der Waals surface area contributed by atoms with E-state index in [0.29, 0.717) is 11.2 Å². The van der Waals surface area contributed by atoms with Crippen LogP contribution >= 0.6 is 0 Å². The fraction of sp³-hybridized carbons (Fsp3) is 0.385. The normalized spacial score (nSPS) is 17.2. The highest BCUT2D eigenvalue weighted by atomic mass is 16.5. The smallest absolute Gasteiger partial charge is 0.261 e. The minimum absolute atomic E-state index is 0.220. The molecular formula is C26H30N8O2. The lowest BCUT2D eigenvalue weighted by atomic mass is 10.0. The predicted octanol–water partition coefficient (Wildman–Crippen LogP) is 2.71. The molecule has 10 nitrogen and oxygen atoms in total. The van der Waals surface area contributed by atoms with E-state index in [4.69, 9.17) is 4.74 Å². The summed E-state index contributed by atoms with van der Waals surface area (Å²) >= 11 is 0. The highest BCUT2D eigenvalue weighted by Crippen LogP contribution is 2.42. The van der Waals surface area contributed by atoms with Crippen LogP contribution in [-0.4, -0.2) is 73.3 Å². The summed E-state index contributed by atoms with van der Waals surface area (Å²) in [5.74, 6) is 0.676. The van der Waals surface area contributed by atoms with Crippen LogP contribution in [0.5, 0.6) is 5.75 Å². The third-order valence-electron chi connectivity index (χ3n) is 6.90. The zero-order valence-electron chi connectivity index (χ0n) is 20.6. The lowest BCUT2D eigenvalue weighted by Crippen LogP contribution is -2.47. The summed E-state index contributed by atoms with van der Waals surface area (Å²) in [4.78, 5) is 26.6. The standard InChI is InChI=1S/C26H30N8O2/c1-26(2)16-19-14-21(30-25(35)20-17-29-34-6-3-4-28-24(20)34)22(15-23(19)36-26)33-12-10-31(11-13-33)8-9-32-7-5-27-18-32/h3-7,14-15,17-18H,8-13,16H2,1-2H3,(H,30,35). The summed E-state index contributed by atoms with van der Waals surface area (Å²) in [5.41, 5.74) is 3.61. The van der Waals surface area contributed by atoms with Crippen LogP contribution in [0.2, 0.25) is 0 Å². The van der Waals surface area contributed by atoms with E-state index in [2.05, 4.69) is 60.7 Å². The number of hydrogen-bond acceptors (Lipinski definition) is 7. The zero-order valence-corrected chi connectivity index (χ0v) is 20.6. The van der Waals surface area contributed by atoms with Gasteiger partial charge in [0, 0.05) is 82.1 Å². The molecule has 0 radical (unpaired) electrons. The molecule has 1 fully saturated rings. The van der Waals surface area contributed by atoms with Crippen molar-refractivity contribution >= 4 is 22.9 Å². The topological polar surface area (TPSA) is 92.8 Å². The second kappa shape index (κ2) is 8.94. The van der Waals surface area contributed by atoms with Gasteiger partial charge in [-0.25, -0.2) is 14.5 Å². The van der Waals surface area contributed by atoms with Crippen molar-refractivity contribution in [3.05, 3.63) is 66.6 Å². The summed E-state index contributed by atoms with van der Waals surface area (Å²) < 4.78 is 9.95. The Morgan fingerprint density at radius 3 is 2.78 bits per heavy atom. The van der Waals surface area contributed by atoms with Gasteiger partial charge in [-0.15, -0.1) is 0 Å². The predicted molar refractivity (Wildman–Crippen MR) is 137 cm³/mol. The van der Waals surface area contributed by atoms with Gasteiger partial charge in [-0.1, -0.05) is 0 Å². The van der Waals surface area contributed by atoms with Gasteiger partial charge in [0.2, 0.25) is 0 Å². The molecule has 1 saturated heterocycles. The number of rotatable bonds is 6. The number of ether oxygens (including phenoxy) is 1. The second-order valence-corrected chi connectivity index (χ2v) is 10.0. The second-order valence-electron chi connectivity index (χ2n) is 10.0. The van der Waals surface area contributed by atoms with Gasteiger partial charge in [-0.3, -0.25) is 9.69 Å². The Labute approximate surface area is 209 Å². The monoisotopic (exact) mass is 486 g/mol. The summed E-state index contributed by atoms with van der Waals surface area (Å²) in [7, 11) is 0. The number of amides is 1. The van der Waals surface area contributed by atoms with Gasteiger partial charge in [0.25, 0.3) is 5.91 Å². The maximum atomic E-state index is 13.3. The molecular weight excluding hydrogens is 456 g/mol. The molecule has 5 heterocycles. The number of aromatic nitrogens is 5. The van der Waals surface area contributed by atoms with Crippen LogP contribution < -0.4 is 15.0 Å². The fourth-order valence-corrected chi connectivity index (χ4v) is 5.07. The molecule has 0 saturated carbocycles. The van der Waals surface area contributed by atoms with Crippen LogP contribution in [0.25, 0.3) is 5.65 Å². The van der Waals surface area contributed by atoms with Crippen molar-refractivity contribution in [2.24, 2.45) is 0 Å². The quantitative estimate of drug-likeness (QED) is 0.448. The Kier molecular flexibility index (Phi) is 5.60. The molecule has 186 valence electrons. The Morgan fingerprint density at radius 2 is 1.97 bits per heavy atom. The summed E-state index contributed by atoms with van der Waals surface area (Å²) in [5, 5.41) is 7.43. The van der Waals surface area contributed by atoms with Crippen molar-refractivity contribution in [2.45, 2.75) is 32.4 Å². The molecule has 0 bridgehead atoms. The summed E-state index contributed by atoms with van der Waals surface area (Å²) in [6.07, 6.45) is 11.5. The third kappa shape index (κ3) is 4.39. The van der Waals surface area contributed by atoms with Crippen LogP contribution in [0.1, 0.15) is 29.8 Å². The number of nitrogens with zero attached hydrogens (tertiary/aromatic N) is 7. The minimum Gasteiger partial charge on any atom is -0.487 e. The molecule has 36 heavy (non-hydrogen) atoms. The molecule has 1 aromatic carbocycles. The first-order chi connectivity index (χ1) is 17.4. The first-order valence-corrected chi connectivity index (χ1v) is 12.3. The highest BCUT2D eigenvalue weighted by molar-refractivity contribution is 6.09. The molecule has 0 unspecified atom stereocenters. The highest BCUT2D eigenvalue weighted by Gasteiger charge is 2.32. The van der Waals surface area contributed by atoms with Gasteiger partial charge in [-0.2, -0.15) is 5.10 Å². The van der Waals surface area contributed by atoms with Crippen molar-refractivity contribution in [1.82, 2.24) is 29.0 Å². The lowest BCUT2D eigenvalue weighted by molar-refractivity contribution is 0.102. The van der Waals surface area contributed by atoms with Crippen molar-refractivity contribution in [3.8, 4) is 5.75 Å². The first kappa shape index (κ1) is 22.5.